The number of fused-ring (bicyclic) bond motifs is 3. The van der Waals surface area contributed by atoms with Crippen LogP contribution in [0.5, 0.6) is 5.75 Å². The third-order valence-corrected chi connectivity index (χ3v) is 6.63. The van der Waals surface area contributed by atoms with Crippen LogP contribution >= 0.6 is 0 Å². The van der Waals surface area contributed by atoms with Gasteiger partial charge in [0.2, 0.25) is 5.91 Å². The molecule has 0 bridgehead atoms. The smallest absolute Gasteiger partial charge is 0.223 e. The summed E-state index contributed by atoms with van der Waals surface area (Å²) >= 11 is 0. The molecule has 1 atom stereocenters. The SMILES string of the molecule is CC.CCC/C(=C\C=C(/C)C(=NC)NO)CN1CC(c2ccc(OC)c3oc4ccccc4c23)CC1=O. The third kappa shape index (κ3) is 6.05. The number of likely N-dealkylation sites (tertiary alicyclic amines) is 1. The maximum Gasteiger partial charge on any atom is 0.223 e. The topological polar surface area (TPSA) is 87.3 Å². The van der Waals surface area contributed by atoms with Crippen molar-refractivity contribution in [1.29, 1.82) is 0 Å². The molecule has 0 radical (unpaired) electrons. The standard InChI is InChI=1S/C28H33N3O4.C2H6/c1-5-8-19(12-11-18(2)28(29-3)30-33)16-31-17-20(15-25(31)32)21-13-14-24(34-4)27-26(21)22-9-6-7-10-23(22)35-27;1-2/h6-7,9-14,20,33H,5,8,15-17H2,1-4H3,(H,29,30);1-2H3/b18-11+,19-12+;. The largest absolute Gasteiger partial charge is 0.493 e. The number of ether oxygens (including phenoxy) is 1. The lowest BCUT2D eigenvalue weighted by atomic mass is 9.93. The van der Waals surface area contributed by atoms with Crippen LogP contribution in [0.1, 0.15) is 58.4 Å². The summed E-state index contributed by atoms with van der Waals surface area (Å²) in [6, 6.07) is 12.0. The average Bonchev–Trinajstić information content (AvgIpc) is 3.49. The molecule has 1 aliphatic heterocycles. The number of hydrogen-bond donors (Lipinski definition) is 2. The molecule has 0 aliphatic carbocycles. The van der Waals surface area contributed by atoms with Gasteiger partial charge in [-0.05, 0) is 36.6 Å². The lowest BCUT2D eigenvalue weighted by Crippen LogP contribution is -2.27. The van der Waals surface area contributed by atoms with E-state index in [2.05, 4.69) is 29.5 Å². The summed E-state index contributed by atoms with van der Waals surface area (Å²) in [5.74, 6) is 1.35. The second-order valence-electron chi connectivity index (χ2n) is 8.94. The minimum absolute atomic E-state index is 0.0782. The van der Waals surface area contributed by atoms with Gasteiger partial charge in [-0.2, -0.15) is 0 Å². The Morgan fingerprint density at radius 1 is 1.24 bits per heavy atom. The van der Waals surface area contributed by atoms with Gasteiger partial charge < -0.3 is 14.1 Å². The van der Waals surface area contributed by atoms with Crippen molar-refractivity contribution in [3.63, 3.8) is 0 Å². The van der Waals surface area contributed by atoms with Gasteiger partial charge in [0.05, 0.1) is 7.11 Å². The van der Waals surface area contributed by atoms with E-state index < -0.39 is 0 Å². The van der Waals surface area contributed by atoms with Crippen LogP contribution in [0, 0.1) is 0 Å². The zero-order chi connectivity index (χ0) is 26.9. The molecule has 2 N–H and O–H groups in total. The van der Waals surface area contributed by atoms with Crippen molar-refractivity contribution in [2.24, 2.45) is 4.99 Å². The van der Waals surface area contributed by atoms with Crippen LogP contribution in [-0.2, 0) is 4.79 Å². The maximum atomic E-state index is 13.1. The summed E-state index contributed by atoms with van der Waals surface area (Å²) in [5, 5.41) is 11.3. The molecular formula is C30H39N3O4. The maximum absolute atomic E-state index is 13.1. The molecule has 1 unspecified atom stereocenters. The van der Waals surface area contributed by atoms with Gasteiger partial charge in [-0.1, -0.05) is 69.2 Å². The molecule has 0 saturated carbocycles. The fraction of sp³-hybridized carbons (Fsp3) is 0.400. The molecule has 198 valence electrons. The zero-order valence-electron chi connectivity index (χ0n) is 22.8. The van der Waals surface area contributed by atoms with E-state index in [1.54, 1.807) is 14.2 Å². The predicted molar refractivity (Wildman–Crippen MR) is 151 cm³/mol. The number of nitrogens with one attached hydrogen (secondary N) is 1. The van der Waals surface area contributed by atoms with Crippen LogP contribution in [0.15, 0.2) is 69.1 Å². The highest BCUT2D eigenvalue weighted by Crippen LogP contribution is 2.42. The predicted octanol–water partition coefficient (Wildman–Crippen LogP) is 6.62. The number of amidine groups is 1. The Kier molecular flexibility index (Phi) is 9.92. The lowest BCUT2D eigenvalue weighted by molar-refractivity contribution is -0.127. The van der Waals surface area contributed by atoms with Crippen molar-refractivity contribution >= 4 is 33.7 Å². The van der Waals surface area contributed by atoms with Gasteiger partial charge in [0.15, 0.2) is 11.3 Å². The van der Waals surface area contributed by atoms with Crippen LogP contribution in [0.25, 0.3) is 21.9 Å². The van der Waals surface area contributed by atoms with E-state index >= 15 is 0 Å². The number of carbonyl (C=O) groups excluding carboxylic acids is 1. The van der Waals surface area contributed by atoms with Crippen molar-refractivity contribution in [3.05, 3.63) is 65.3 Å². The quantitative estimate of drug-likeness (QED) is 0.156. The van der Waals surface area contributed by atoms with E-state index in [1.165, 1.54) is 5.57 Å². The minimum Gasteiger partial charge on any atom is -0.493 e. The fourth-order valence-electron chi connectivity index (χ4n) is 4.88. The Morgan fingerprint density at radius 3 is 2.68 bits per heavy atom. The normalized spacial score (nSPS) is 16.8. The molecule has 1 aliphatic rings. The Balaban J connectivity index is 0.00000186. The third-order valence-electron chi connectivity index (χ3n) is 6.63. The van der Waals surface area contributed by atoms with Gasteiger partial charge in [-0.15, -0.1) is 0 Å². The summed E-state index contributed by atoms with van der Waals surface area (Å²) in [4.78, 5) is 19.0. The number of nitrogens with zero attached hydrogens (tertiary/aromatic N) is 2. The first-order chi connectivity index (χ1) is 18.0. The highest BCUT2D eigenvalue weighted by atomic mass is 16.5. The van der Waals surface area contributed by atoms with Crippen LogP contribution in [0.4, 0.5) is 0 Å². The van der Waals surface area contributed by atoms with E-state index in [0.29, 0.717) is 31.1 Å². The van der Waals surface area contributed by atoms with Gasteiger partial charge in [0.25, 0.3) is 0 Å². The molecule has 2 heterocycles. The molecule has 2 aromatic carbocycles. The Labute approximate surface area is 219 Å². The first kappa shape index (κ1) is 28.0. The number of rotatable bonds is 8. The second kappa shape index (κ2) is 13.1. The van der Waals surface area contributed by atoms with Crippen LogP contribution < -0.4 is 10.2 Å². The first-order valence-corrected chi connectivity index (χ1v) is 13.0. The number of allylic oxidation sites excluding steroid dienone is 2. The molecule has 0 spiro atoms. The van der Waals surface area contributed by atoms with E-state index in [0.717, 1.165) is 45.9 Å². The van der Waals surface area contributed by atoms with Gasteiger partial charge in [-0.3, -0.25) is 20.5 Å². The Hall–Kier alpha value is -3.58. The Morgan fingerprint density at radius 2 is 2.00 bits per heavy atom. The number of carbonyl (C=O) groups is 1. The van der Waals surface area contributed by atoms with Crippen molar-refractivity contribution in [2.75, 3.05) is 27.2 Å². The van der Waals surface area contributed by atoms with Crippen LogP contribution in [0.2, 0.25) is 0 Å². The molecule has 1 saturated heterocycles. The van der Waals surface area contributed by atoms with Crippen molar-refractivity contribution < 1.29 is 19.2 Å². The number of hydrogen-bond acceptors (Lipinski definition) is 5. The first-order valence-electron chi connectivity index (χ1n) is 13.0. The molecule has 1 fully saturated rings. The summed E-state index contributed by atoms with van der Waals surface area (Å²) in [6.45, 7) is 9.26. The van der Waals surface area contributed by atoms with Gasteiger partial charge in [0.1, 0.15) is 11.4 Å². The molecule has 7 nitrogen and oxygen atoms in total. The molecule has 4 rings (SSSR count). The molecular weight excluding hydrogens is 466 g/mol. The van der Waals surface area contributed by atoms with Crippen molar-refractivity contribution in [1.82, 2.24) is 10.4 Å². The van der Waals surface area contributed by atoms with Gasteiger partial charge >= 0.3 is 0 Å². The molecule has 3 aromatic rings. The van der Waals surface area contributed by atoms with Gasteiger partial charge in [0, 0.05) is 43.2 Å². The number of hydroxylamine groups is 1. The number of para-hydroxylation sites is 1. The minimum atomic E-state index is 0.0782. The summed E-state index contributed by atoms with van der Waals surface area (Å²) in [6.07, 6.45) is 6.31. The number of benzene rings is 2. The van der Waals surface area contributed by atoms with Crippen molar-refractivity contribution in [2.45, 2.75) is 52.9 Å². The van der Waals surface area contributed by atoms with Crippen molar-refractivity contribution in [3.8, 4) is 5.75 Å². The van der Waals surface area contributed by atoms with E-state index in [9.17, 15) is 10.0 Å². The number of amides is 1. The monoisotopic (exact) mass is 505 g/mol. The highest BCUT2D eigenvalue weighted by molar-refractivity contribution is 6.09. The number of aliphatic imine (C=N–C) groups is 1. The lowest BCUT2D eigenvalue weighted by Gasteiger charge is -2.19. The average molecular weight is 506 g/mol. The van der Waals surface area contributed by atoms with Crippen LogP contribution in [0.3, 0.4) is 0 Å². The van der Waals surface area contributed by atoms with E-state index in [4.69, 9.17) is 9.15 Å². The van der Waals surface area contributed by atoms with Gasteiger partial charge in [-0.25, -0.2) is 0 Å². The summed E-state index contributed by atoms with van der Waals surface area (Å²) < 4.78 is 11.7. The van der Waals surface area contributed by atoms with E-state index in [-0.39, 0.29) is 11.8 Å². The molecule has 37 heavy (non-hydrogen) atoms. The fourth-order valence-corrected chi connectivity index (χ4v) is 4.88. The highest BCUT2D eigenvalue weighted by Gasteiger charge is 2.33. The second-order valence-corrected chi connectivity index (χ2v) is 8.94. The molecule has 1 aromatic heterocycles. The molecule has 7 heteroatoms. The van der Waals surface area contributed by atoms with Crippen LogP contribution in [-0.4, -0.2) is 49.1 Å². The summed E-state index contributed by atoms with van der Waals surface area (Å²) in [7, 11) is 3.26. The molecule has 1 amide bonds. The zero-order valence-corrected chi connectivity index (χ0v) is 22.8. The Bertz CT molecular complexity index is 1320. The number of methoxy groups -OCH3 is 1. The number of furan rings is 1. The van der Waals surface area contributed by atoms with E-state index in [1.807, 2.05) is 62.1 Å². The summed E-state index contributed by atoms with van der Waals surface area (Å²) in [5.41, 5.74) is 6.78.